The Hall–Kier alpha value is -1.82. The molecule has 1 aliphatic rings. The van der Waals surface area contributed by atoms with Gasteiger partial charge in [-0.2, -0.15) is 0 Å². The molecule has 0 saturated carbocycles. The summed E-state index contributed by atoms with van der Waals surface area (Å²) in [5.74, 6) is -0.944. The SMILES string of the molecule is Cc1cc(C(=O)N2C[C@@H](O)C[C@H]2C(=O)O)co1. The Morgan fingerprint density at radius 2 is 2.24 bits per heavy atom. The quantitative estimate of drug-likeness (QED) is 0.771. The zero-order chi connectivity index (χ0) is 12.6. The van der Waals surface area contributed by atoms with Crippen LogP contribution in [0.1, 0.15) is 22.5 Å². The highest BCUT2D eigenvalue weighted by molar-refractivity contribution is 5.96. The molecular weight excluding hydrogens is 226 g/mol. The fraction of sp³-hybridized carbons (Fsp3) is 0.455. The Morgan fingerprint density at radius 1 is 1.53 bits per heavy atom. The normalized spacial score (nSPS) is 24.0. The number of carbonyl (C=O) groups excluding carboxylic acids is 1. The van der Waals surface area contributed by atoms with Crippen molar-refractivity contribution < 1.29 is 24.2 Å². The zero-order valence-corrected chi connectivity index (χ0v) is 9.29. The minimum Gasteiger partial charge on any atom is -0.480 e. The molecule has 0 bridgehead atoms. The highest BCUT2D eigenvalue weighted by Gasteiger charge is 2.39. The van der Waals surface area contributed by atoms with Crippen LogP contribution in [-0.4, -0.2) is 45.7 Å². The van der Waals surface area contributed by atoms with Crippen molar-refractivity contribution >= 4 is 11.9 Å². The molecular formula is C11H13NO5. The van der Waals surface area contributed by atoms with Gasteiger partial charge < -0.3 is 19.5 Å². The summed E-state index contributed by atoms with van der Waals surface area (Å²) >= 11 is 0. The van der Waals surface area contributed by atoms with Crippen LogP contribution in [0.5, 0.6) is 0 Å². The van der Waals surface area contributed by atoms with Gasteiger partial charge in [-0.1, -0.05) is 0 Å². The molecule has 0 aromatic carbocycles. The number of hydrogen-bond acceptors (Lipinski definition) is 4. The van der Waals surface area contributed by atoms with Gasteiger partial charge in [-0.15, -0.1) is 0 Å². The van der Waals surface area contributed by atoms with Crippen LogP contribution in [0.25, 0.3) is 0 Å². The number of likely N-dealkylation sites (tertiary alicyclic amines) is 1. The molecule has 2 rings (SSSR count). The van der Waals surface area contributed by atoms with Gasteiger partial charge in [0.15, 0.2) is 0 Å². The molecule has 1 amide bonds. The molecule has 1 aliphatic heterocycles. The van der Waals surface area contributed by atoms with Gasteiger partial charge in [0, 0.05) is 13.0 Å². The van der Waals surface area contributed by atoms with Gasteiger partial charge in [0.1, 0.15) is 18.1 Å². The molecule has 0 radical (unpaired) electrons. The van der Waals surface area contributed by atoms with Crippen LogP contribution >= 0.6 is 0 Å². The van der Waals surface area contributed by atoms with Crippen LogP contribution in [0.2, 0.25) is 0 Å². The van der Waals surface area contributed by atoms with E-state index in [1.54, 1.807) is 13.0 Å². The van der Waals surface area contributed by atoms with E-state index in [1.807, 2.05) is 0 Å². The van der Waals surface area contributed by atoms with Gasteiger partial charge in [-0.05, 0) is 13.0 Å². The number of aliphatic hydroxyl groups excluding tert-OH is 1. The van der Waals surface area contributed by atoms with Crippen LogP contribution in [0.4, 0.5) is 0 Å². The maximum atomic E-state index is 12.0. The molecule has 2 atom stereocenters. The largest absolute Gasteiger partial charge is 0.480 e. The standard InChI is InChI=1S/C11H13NO5/c1-6-2-7(5-17-6)10(14)12-4-8(13)3-9(12)11(15)16/h2,5,8-9,13H,3-4H2,1H3,(H,15,16)/t8-,9-/m0/s1. The van der Waals surface area contributed by atoms with Gasteiger partial charge in [-0.25, -0.2) is 4.79 Å². The van der Waals surface area contributed by atoms with Crippen molar-refractivity contribution in [2.24, 2.45) is 0 Å². The summed E-state index contributed by atoms with van der Waals surface area (Å²) in [4.78, 5) is 24.1. The third kappa shape index (κ3) is 2.16. The first kappa shape index (κ1) is 11.7. The Kier molecular flexibility index (Phi) is 2.89. The smallest absolute Gasteiger partial charge is 0.326 e. The predicted molar refractivity (Wildman–Crippen MR) is 56.5 cm³/mol. The first-order valence-electron chi connectivity index (χ1n) is 5.26. The summed E-state index contributed by atoms with van der Waals surface area (Å²) in [5.41, 5.74) is 0.308. The van der Waals surface area contributed by atoms with Crippen LogP contribution in [0.3, 0.4) is 0 Å². The molecule has 6 nitrogen and oxygen atoms in total. The van der Waals surface area contributed by atoms with Gasteiger partial charge in [-0.3, -0.25) is 4.79 Å². The Morgan fingerprint density at radius 3 is 2.76 bits per heavy atom. The molecule has 0 unspecified atom stereocenters. The third-order valence-corrected chi connectivity index (χ3v) is 2.80. The zero-order valence-electron chi connectivity index (χ0n) is 9.29. The fourth-order valence-corrected chi connectivity index (χ4v) is 1.99. The average Bonchev–Trinajstić information content (AvgIpc) is 2.83. The number of aliphatic carboxylic acids is 1. The summed E-state index contributed by atoms with van der Waals surface area (Å²) in [7, 11) is 0. The van der Waals surface area contributed by atoms with E-state index >= 15 is 0 Å². The molecule has 0 spiro atoms. The highest BCUT2D eigenvalue weighted by Crippen LogP contribution is 2.21. The van der Waals surface area contributed by atoms with Gasteiger partial charge in [0.25, 0.3) is 5.91 Å². The van der Waals surface area contributed by atoms with Crippen molar-refractivity contribution in [2.45, 2.75) is 25.5 Å². The summed E-state index contributed by atoms with van der Waals surface area (Å²) < 4.78 is 5.01. The van der Waals surface area contributed by atoms with E-state index in [0.29, 0.717) is 11.3 Å². The molecule has 1 fully saturated rings. The lowest BCUT2D eigenvalue weighted by atomic mass is 10.2. The fourth-order valence-electron chi connectivity index (χ4n) is 1.99. The molecule has 2 heterocycles. The average molecular weight is 239 g/mol. The van der Waals surface area contributed by atoms with Gasteiger partial charge >= 0.3 is 5.97 Å². The second-order valence-corrected chi connectivity index (χ2v) is 4.15. The first-order chi connectivity index (χ1) is 7.99. The molecule has 2 N–H and O–H groups in total. The Balaban J connectivity index is 2.21. The van der Waals surface area contributed by atoms with Crippen LogP contribution in [-0.2, 0) is 4.79 Å². The van der Waals surface area contributed by atoms with Crippen LogP contribution < -0.4 is 0 Å². The topological polar surface area (TPSA) is 91.0 Å². The molecule has 17 heavy (non-hydrogen) atoms. The maximum absolute atomic E-state index is 12.0. The number of carboxylic acids is 1. The number of furan rings is 1. The minimum absolute atomic E-state index is 0.0417. The summed E-state index contributed by atoms with van der Waals surface area (Å²) in [6.45, 7) is 1.74. The third-order valence-electron chi connectivity index (χ3n) is 2.80. The van der Waals surface area contributed by atoms with Crippen molar-refractivity contribution in [3.63, 3.8) is 0 Å². The van der Waals surface area contributed by atoms with Crippen molar-refractivity contribution in [2.75, 3.05) is 6.54 Å². The van der Waals surface area contributed by atoms with E-state index in [9.17, 15) is 14.7 Å². The van der Waals surface area contributed by atoms with Crippen molar-refractivity contribution in [1.82, 2.24) is 4.90 Å². The number of amides is 1. The summed E-state index contributed by atoms with van der Waals surface area (Å²) in [6.07, 6.45) is 0.576. The number of nitrogens with zero attached hydrogens (tertiary/aromatic N) is 1. The Labute approximate surface area is 97.4 Å². The van der Waals surface area contributed by atoms with E-state index in [-0.39, 0.29) is 13.0 Å². The molecule has 92 valence electrons. The van der Waals surface area contributed by atoms with Gasteiger partial charge in [0.05, 0.1) is 11.7 Å². The molecule has 1 saturated heterocycles. The van der Waals surface area contributed by atoms with Crippen molar-refractivity contribution in [1.29, 1.82) is 0 Å². The number of aryl methyl sites for hydroxylation is 1. The van der Waals surface area contributed by atoms with E-state index in [2.05, 4.69) is 0 Å². The number of carboxylic acid groups (broad SMARTS) is 1. The van der Waals surface area contributed by atoms with Gasteiger partial charge in [0.2, 0.25) is 0 Å². The number of rotatable bonds is 2. The summed E-state index contributed by atoms with van der Waals surface area (Å²) in [5, 5.41) is 18.4. The molecule has 1 aromatic rings. The second-order valence-electron chi connectivity index (χ2n) is 4.15. The monoisotopic (exact) mass is 239 g/mol. The predicted octanol–water partition coefficient (Wildman–Crippen LogP) is 0.248. The second kappa shape index (κ2) is 4.21. The number of hydrogen-bond donors (Lipinski definition) is 2. The lowest BCUT2D eigenvalue weighted by Gasteiger charge is -2.20. The number of aliphatic hydroxyl groups is 1. The lowest BCUT2D eigenvalue weighted by molar-refractivity contribution is -0.141. The maximum Gasteiger partial charge on any atom is 0.326 e. The first-order valence-corrected chi connectivity index (χ1v) is 5.26. The minimum atomic E-state index is -1.10. The number of β-amino-alcohol motifs (C(OH)–C–C–N with tert-alkyl or cyclic N) is 1. The molecule has 0 aliphatic carbocycles. The van der Waals surface area contributed by atoms with E-state index in [1.165, 1.54) is 6.26 Å². The van der Waals surface area contributed by atoms with E-state index in [0.717, 1.165) is 4.90 Å². The van der Waals surface area contributed by atoms with Crippen molar-refractivity contribution in [3.05, 3.63) is 23.7 Å². The molecule has 6 heteroatoms. The van der Waals surface area contributed by atoms with Crippen molar-refractivity contribution in [3.8, 4) is 0 Å². The van der Waals surface area contributed by atoms with Crippen LogP contribution in [0, 0.1) is 6.92 Å². The highest BCUT2D eigenvalue weighted by atomic mass is 16.4. The Bertz CT molecular complexity index is 452. The number of carbonyl (C=O) groups is 2. The lowest BCUT2D eigenvalue weighted by Crippen LogP contribution is -2.40. The molecule has 1 aromatic heterocycles. The van der Waals surface area contributed by atoms with Crippen LogP contribution in [0.15, 0.2) is 16.7 Å². The van der Waals surface area contributed by atoms with E-state index in [4.69, 9.17) is 9.52 Å². The van der Waals surface area contributed by atoms with E-state index < -0.39 is 24.0 Å². The summed E-state index contributed by atoms with van der Waals surface area (Å²) in [6, 6.07) is 0.582.